The van der Waals surface area contributed by atoms with E-state index in [1.54, 1.807) is 0 Å². The summed E-state index contributed by atoms with van der Waals surface area (Å²) < 4.78 is 7.59. The highest BCUT2D eigenvalue weighted by Gasteiger charge is 2.23. The SMILES string of the molecule is CN=C(NCCc1cn2cccc(C)c2n1)NCC(C(C)C)N1CCOCC1. The summed E-state index contributed by atoms with van der Waals surface area (Å²) in [5, 5.41) is 6.92. The van der Waals surface area contributed by atoms with Crippen LogP contribution >= 0.6 is 0 Å². The molecule has 0 radical (unpaired) electrons. The van der Waals surface area contributed by atoms with Gasteiger partial charge in [-0.3, -0.25) is 9.89 Å². The lowest BCUT2D eigenvalue weighted by Gasteiger charge is -2.37. The van der Waals surface area contributed by atoms with Gasteiger partial charge in [-0.2, -0.15) is 0 Å². The predicted octanol–water partition coefficient (Wildman–Crippen LogP) is 1.71. The Morgan fingerprint density at radius 2 is 2.07 bits per heavy atom. The van der Waals surface area contributed by atoms with E-state index in [-0.39, 0.29) is 0 Å². The normalized spacial score (nSPS) is 17.2. The molecule has 3 heterocycles. The number of aryl methyl sites for hydroxylation is 1. The first-order valence-electron chi connectivity index (χ1n) is 10.3. The number of hydrogen-bond donors (Lipinski definition) is 2. The van der Waals surface area contributed by atoms with Crippen molar-refractivity contribution in [3.8, 4) is 0 Å². The van der Waals surface area contributed by atoms with Crippen molar-refractivity contribution in [1.82, 2.24) is 24.9 Å². The number of ether oxygens (including phenoxy) is 1. The number of aromatic nitrogens is 2. The molecule has 1 atom stereocenters. The minimum Gasteiger partial charge on any atom is -0.379 e. The number of pyridine rings is 1. The Morgan fingerprint density at radius 3 is 2.75 bits per heavy atom. The maximum absolute atomic E-state index is 5.49. The highest BCUT2D eigenvalue weighted by molar-refractivity contribution is 5.79. The summed E-state index contributed by atoms with van der Waals surface area (Å²) in [6.45, 7) is 12.0. The molecule has 0 spiro atoms. The summed E-state index contributed by atoms with van der Waals surface area (Å²) in [5.41, 5.74) is 3.32. The van der Waals surface area contributed by atoms with E-state index in [1.807, 2.05) is 13.2 Å². The lowest BCUT2D eigenvalue weighted by Crippen LogP contribution is -2.52. The molecular weight excluding hydrogens is 352 g/mol. The fraction of sp³-hybridized carbons (Fsp3) is 0.619. The van der Waals surface area contributed by atoms with Crippen LogP contribution in [0.4, 0.5) is 0 Å². The van der Waals surface area contributed by atoms with Crippen LogP contribution in [-0.2, 0) is 11.2 Å². The minimum absolute atomic E-state index is 0.476. The number of guanidine groups is 1. The number of nitrogens with zero attached hydrogens (tertiary/aromatic N) is 4. The van der Waals surface area contributed by atoms with Crippen molar-refractivity contribution < 1.29 is 4.74 Å². The number of morpholine rings is 1. The number of aliphatic imine (C=N–C) groups is 1. The molecule has 7 heteroatoms. The predicted molar refractivity (Wildman–Crippen MR) is 114 cm³/mol. The van der Waals surface area contributed by atoms with Crippen molar-refractivity contribution in [1.29, 1.82) is 0 Å². The summed E-state index contributed by atoms with van der Waals surface area (Å²) in [6.07, 6.45) is 5.01. The topological polar surface area (TPSA) is 66.2 Å². The second-order valence-corrected chi connectivity index (χ2v) is 7.74. The molecule has 1 unspecified atom stereocenters. The second-order valence-electron chi connectivity index (χ2n) is 7.74. The zero-order valence-electron chi connectivity index (χ0n) is 17.6. The summed E-state index contributed by atoms with van der Waals surface area (Å²) in [7, 11) is 1.82. The third-order valence-electron chi connectivity index (χ3n) is 5.39. The minimum atomic E-state index is 0.476. The molecule has 7 nitrogen and oxygen atoms in total. The summed E-state index contributed by atoms with van der Waals surface area (Å²) in [4.78, 5) is 11.6. The van der Waals surface area contributed by atoms with Gasteiger partial charge < -0.3 is 19.8 Å². The Bertz CT molecular complexity index is 778. The van der Waals surface area contributed by atoms with Crippen molar-refractivity contribution in [3.63, 3.8) is 0 Å². The molecule has 0 amide bonds. The van der Waals surface area contributed by atoms with Crippen LogP contribution in [0.15, 0.2) is 29.5 Å². The Labute approximate surface area is 168 Å². The van der Waals surface area contributed by atoms with Gasteiger partial charge in [0.1, 0.15) is 5.65 Å². The number of nitrogens with one attached hydrogen (secondary N) is 2. The maximum atomic E-state index is 5.49. The maximum Gasteiger partial charge on any atom is 0.191 e. The zero-order valence-corrected chi connectivity index (χ0v) is 17.6. The Balaban J connectivity index is 1.48. The molecule has 2 N–H and O–H groups in total. The van der Waals surface area contributed by atoms with Crippen molar-refractivity contribution in [2.75, 3.05) is 46.4 Å². The third kappa shape index (κ3) is 5.23. The Morgan fingerprint density at radius 1 is 1.29 bits per heavy atom. The van der Waals surface area contributed by atoms with Crippen molar-refractivity contribution in [2.24, 2.45) is 10.9 Å². The van der Waals surface area contributed by atoms with Crippen molar-refractivity contribution >= 4 is 11.6 Å². The molecule has 28 heavy (non-hydrogen) atoms. The van der Waals surface area contributed by atoms with E-state index in [9.17, 15) is 0 Å². The number of rotatable bonds is 7. The number of fused-ring (bicyclic) bond motifs is 1. The standard InChI is InChI=1S/C21H34N6O/c1-16(2)19(26-10-12-28-13-11-26)14-24-21(22-4)23-8-7-18-15-27-9-5-6-17(3)20(27)25-18/h5-6,9,15-16,19H,7-8,10-14H2,1-4H3,(H2,22,23,24). The molecule has 1 fully saturated rings. The van der Waals surface area contributed by atoms with Crippen molar-refractivity contribution in [2.45, 2.75) is 33.2 Å². The van der Waals surface area contributed by atoms with Crippen LogP contribution in [0.1, 0.15) is 25.1 Å². The lowest BCUT2D eigenvalue weighted by atomic mass is 10.0. The molecule has 0 aromatic carbocycles. The fourth-order valence-electron chi connectivity index (χ4n) is 3.75. The van der Waals surface area contributed by atoms with Gasteiger partial charge >= 0.3 is 0 Å². The molecule has 0 bridgehead atoms. The van der Waals surface area contributed by atoms with Gasteiger partial charge in [-0.15, -0.1) is 0 Å². The van der Waals surface area contributed by atoms with Crippen LogP contribution in [0.25, 0.3) is 5.65 Å². The van der Waals surface area contributed by atoms with Crippen LogP contribution in [0.3, 0.4) is 0 Å². The monoisotopic (exact) mass is 386 g/mol. The summed E-state index contributed by atoms with van der Waals surface area (Å²) in [5.74, 6) is 1.42. The van der Waals surface area contributed by atoms with E-state index in [0.717, 1.165) is 63.1 Å². The first kappa shape index (κ1) is 20.6. The van der Waals surface area contributed by atoms with Crippen LogP contribution in [-0.4, -0.2) is 72.7 Å². The van der Waals surface area contributed by atoms with E-state index in [0.29, 0.717) is 12.0 Å². The molecule has 3 rings (SSSR count). The van der Waals surface area contributed by atoms with E-state index >= 15 is 0 Å². The third-order valence-corrected chi connectivity index (χ3v) is 5.39. The van der Waals surface area contributed by atoms with Gasteiger partial charge in [-0.1, -0.05) is 19.9 Å². The van der Waals surface area contributed by atoms with Gasteiger partial charge in [0.2, 0.25) is 0 Å². The quantitative estimate of drug-likeness (QED) is 0.560. The number of imidazole rings is 1. The van der Waals surface area contributed by atoms with Crippen LogP contribution in [0, 0.1) is 12.8 Å². The molecule has 1 saturated heterocycles. The van der Waals surface area contributed by atoms with Crippen LogP contribution in [0.2, 0.25) is 0 Å². The molecule has 1 aliphatic rings. The zero-order chi connectivity index (χ0) is 19.9. The second kappa shape index (κ2) is 9.89. The molecule has 0 saturated carbocycles. The van der Waals surface area contributed by atoms with Gasteiger partial charge in [-0.25, -0.2) is 4.98 Å². The van der Waals surface area contributed by atoms with Crippen molar-refractivity contribution in [3.05, 3.63) is 35.8 Å². The molecule has 2 aromatic heterocycles. The van der Waals surface area contributed by atoms with Gasteiger partial charge in [0.15, 0.2) is 5.96 Å². The summed E-state index contributed by atoms with van der Waals surface area (Å²) in [6, 6.07) is 4.62. The lowest BCUT2D eigenvalue weighted by molar-refractivity contribution is 0.00752. The van der Waals surface area contributed by atoms with Gasteiger partial charge in [0.25, 0.3) is 0 Å². The molecule has 2 aromatic rings. The van der Waals surface area contributed by atoms with Gasteiger partial charge in [-0.05, 0) is 24.5 Å². The van der Waals surface area contributed by atoms with E-state index in [4.69, 9.17) is 9.72 Å². The smallest absolute Gasteiger partial charge is 0.191 e. The largest absolute Gasteiger partial charge is 0.379 e. The average molecular weight is 387 g/mol. The highest BCUT2D eigenvalue weighted by Crippen LogP contribution is 2.12. The number of hydrogen-bond acceptors (Lipinski definition) is 4. The van der Waals surface area contributed by atoms with Gasteiger partial charge in [0, 0.05) is 58.1 Å². The van der Waals surface area contributed by atoms with E-state index in [1.165, 1.54) is 5.56 Å². The molecule has 0 aliphatic carbocycles. The van der Waals surface area contributed by atoms with E-state index in [2.05, 4.69) is 64.0 Å². The molecular formula is C21H34N6O. The Hall–Kier alpha value is -2.12. The fourth-order valence-corrected chi connectivity index (χ4v) is 3.75. The Kier molecular flexibility index (Phi) is 7.28. The first-order chi connectivity index (χ1) is 13.6. The first-order valence-corrected chi connectivity index (χ1v) is 10.3. The molecule has 1 aliphatic heterocycles. The molecule has 154 valence electrons. The van der Waals surface area contributed by atoms with E-state index < -0.39 is 0 Å². The van der Waals surface area contributed by atoms with Crippen LogP contribution < -0.4 is 10.6 Å². The average Bonchev–Trinajstić information content (AvgIpc) is 3.12. The van der Waals surface area contributed by atoms with Crippen LogP contribution in [0.5, 0.6) is 0 Å². The van der Waals surface area contributed by atoms with Gasteiger partial charge in [0.05, 0.1) is 18.9 Å². The summed E-state index contributed by atoms with van der Waals surface area (Å²) >= 11 is 0. The highest BCUT2D eigenvalue weighted by atomic mass is 16.5.